The topological polar surface area (TPSA) is 3.01 Å². The summed E-state index contributed by atoms with van der Waals surface area (Å²) in [4.78, 5) is 0. The molecule has 1 aliphatic rings. The van der Waals surface area contributed by atoms with Crippen molar-refractivity contribution in [1.82, 2.24) is 0 Å². The fraction of sp³-hybridized carbons (Fsp3) is 0.471. The van der Waals surface area contributed by atoms with E-state index in [0.717, 1.165) is 6.54 Å². The zero-order valence-corrected chi connectivity index (χ0v) is 13.6. The summed E-state index contributed by atoms with van der Waals surface area (Å²) in [5.74, 6) is 0. The highest BCUT2D eigenvalue weighted by molar-refractivity contribution is 6.76. The van der Waals surface area contributed by atoms with Crippen LogP contribution < -0.4 is 0 Å². The molecule has 1 aliphatic heterocycles. The average molecular weight is 272 g/mol. The van der Waals surface area contributed by atoms with E-state index in [2.05, 4.69) is 61.1 Å². The first-order valence-electron chi connectivity index (χ1n) is 7.28. The van der Waals surface area contributed by atoms with E-state index in [-0.39, 0.29) is 0 Å². The maximum absolute atomic E-state index is 4.31. The molecule has 0 unspecified atom stereocenters. The lowest BCUT2D eigenvalue weighted by Gasteiger charge is -2.16. The molecule has 0 radical (unpaired) electrons. The Bertz CT molecular complexity index is 480. The SMILES string of the molecule is C=C(C[N+]1=C(c2ccccc2)CCC1)C[Si](C)(C)C. The normalized spacial score (nSPS) is 15.9. The lowest BCUT2D eigenvalue weighted by atomic mass is 10.1. The molecule has 0 bridgehead atoms. The quantitative estimate of drug-likeness (QED) is 0.430. The maximum atomic E-state index is 4.31. The summed E-state index contributed by atoms with van der Waals surface area (Å²) in [6.07, 6.45) is 2.49. The highest BCUT2D eigenvalue weighted by atomic mass is 28.3. The molecular formula is C17H26NSi+. The molecule has 0 amide bonds. The van der Waals surface area contributed by atoms with Crippen molar-refractivity contribution < 1.29 is 4.58 Å². The van der Waals surface area contributed by atoms with Gasteiger partial charge in [-0.2, -0.15) is 0 Å². The van der Waals surface area contributed by atoms with Crippen LogP contribution in [0.3, 0.4) is 0 Å². The minimum Gasteiger partial charge on any atom is -0.229 e. The molecule has 0 saturated heterocycles. The van der Waals surface area contributed by atoms with E-state index in [1.165, 1.54) is 42.3 Å². The molecule has 1 aromatic carbocycles. The highest BCUT2D eigenvalue weighted by Crippen LogP contribution is 2.18. The molecule has 0 N–H and O–H groups in total. The van der Waals surface area contributed by atoms with Crippen molar-refractivity contribution >= 4 is 13.8 Å². The molecule has 0 spiro atoms. The number of benzene rings is 1. The summed E-state index contributed by atoms with van der Waals surface area (Å²) in [6.45, 7) is 13.8. The number of hydrogen-bond acceptors (Lipinski definition) is 0. The van der Waals surface area contributed by atoms with Crippen molar-refractivity contribution in [3.8, 4) is 0 Å². The van der Waals surface area contributed by atoms with E-state index in [1.807, 2.05) is 0 Å². The fourth-order valence-electron chi connectivity index (χ4n) is 2.94. The van der Waals surface area contributed by atoms with Gasteiger partial charge in [0.2, 0.25) is 0 Å². The molecule has 2 rings (SSSR count). The maximum Gasteiger partial charge on any atom is 0.183 e. The van der Waals surface area contributed by atoms with E-state index in [4.69, 9.17) is 0 Å². The van der Waals surface area contributed by atoms with Gasteiger partial charge in [-0.05, 0) is 23.7 Å². The van der Waals surface area contributed by atoms with Crippen molar-refractivity contribution in [2.75, 3.05) is 13.1 Å². The van der Waals surface area contributed by atoms with Crippen LogP contribution in [-0.4, -0.2) is 31.5 Å². The zero-order valence-electron chi connectivity index (χ0n) is 12.6. The van der Waals surface area contributed by atoms with Crippen LogP contribution in [0.15, 0.2) is 42.5 Å². The van der Waals surface area contributed by atoms with Gasteiger partial charge in [0.1, 0.15) is 6.54 Å². The number of hydrogen-bond donors (Lipinski definition) is 0. The Labute approximate surface area is 118 Å². The molecule has 102 valence electrons. The van der Waals surface area contributed by atoms with Gasteiger partial charge in [0.05, 0.1) is 0 Å². The van der Waals surface area contributed by atoms with Gasteiger partial charge in [-0.15, -0.1) is 0 Å². The fourth-order valence-corrected chi connectivity index (χ4v) is 4.55. The third kappa shape index (κ3) is 4.17. The standard InChI is InChI=1S/C17H26NSi/c1-15(14-19(2,3)4)13-18-12-8-11-17(18)16-9-6-5-7-10-16/h5-7,9-10H,1,8,11-14H2,2-4H3/q+1. The third-order valence-corrected chi connectivity index (χ3v) is 5.09. The summed E-state index contributed by atoms with van der Waals surface area (Å²) in [7, 11) is -1.03. The summed E-state index contributed by atoms with van der Waals surface area (Å²) in [5, 5.41) is 0. The predicted molar refractivity (Wildman–Crippen MR) is 87.1 cm³/mol. The molecule has 1 aromatic rings. The highest BCUT2D eigenvalue weighted by Gasteiger charge is 2.25. The van der Waals surface area contributed by atoms with E-state index in [9.17, 15) is 0 Å². The van der Waals surface area contributed by atoms with Gasteiger partial charge in [-0.1, -0.05) is 44.4 Å². The monoisotopic (exact) mass is 272 g/mol. The predicted octanol–water partition coefficient (Wildman–Crippen LogP) is 4.18. The number of nitrogens with zero attached hydrogens (tertiary/aromatic N) is 1. The van der Waals surface area contributed by atoms with Crippen molar-refractivity contribution in [3.63, 3.8) is 0 Å². The van der Waals surface area contributed by atoms with E-state index in [1.54, 1.807) is 0 Å². The summed E-state index contributed by atoms with van der Waals surface area (Å²) >= 11 is 0. The first-order valence-corrected chi connectivity index (χ1v) is 11.0. The van der Waals surface area contributed by atoms with Crippen LogP contribution in [-0.2, 0) is 0 Å². The lowest BCUT2D eigenvalue weighted by molar-refractivity contribution is -0.511. The van der Waals surface area contributed by atoms with Crippen molar-refractivity contribution in [2.24, 2.45) is 0 Å². The number of rotatable bonds is 5. The van der Waals surface area contributed by atoms with Crippen molar-refractivity contribution in [2.45, 2.75) is 38.5 Å². The van der Waals surface area contributed by atoms with Crippen LogP contribution in [0.2, 0.25) is 25.7 Å². The Morgan fingerprint density at radius 3 is 2.53 bits per heavy atom. The second-order valence-electron chi connectivity index (χ2n) is 6.83. The van der Waals surface area contributed by atoms with E-state index < -0.39 is 8.07 Å². The van der Waals surface area contributed by atoms with Crippen LogP contribution >= 0.6 is 0 Å². The first kappa shape index (κ1) is 14.3. The van der Waals surface area contributed by atoms with Crippen LogP contribution in [0.5, 0.6) is 0 Å². The smallest absolute Gasteiger partial charge is 0.183 e. The van der Waals surface area contributed by atoms with Crippen LogP contribution in [0.1, 0.15) is 18.4 Å². The van der Waals surface area contributed by atoms with Gasteiger partial charge in [0, 0.05) is 26.5 Å². The second-order valence-corrected chi connectivity index (χ2v) is 12.3. The third-order valence-electron chi connectivity index (χ3n) is 3.53. The van der Waals surface area contributed by atoms with Crippen molar-refractivity contribution in [1.29, 1.82) is 0 Å². The van der Waals surface area contributed by atoms with E-state index in [0.29, 0.717) is 0 Å². The van der Waals surface area contributed by atoms with Gasteiger partial charge in [0.25, 0.3) is 0 Å². The largest absolute Gasteiger partial charge is 0.229 e. The lowest BCUT2D eigenvalue weighted by Crippen LogP contribution is -2.25. The van der Waals surface area contributed by atoms with Gasteiger partial charge in [-0.3, -0.25) is 0 Å². The minimum atomic E-state index is -1.03. The molecule has 0 aliphatic carbocycles. The Morgan fingerprint density at radius 1 is 1.21 bits per heavy atom. The molecule has 0 aromatic heterocycles. The first-order chi connectivity index (χ1) is 8.96. The summed E-state index contributed by atoms with van der Waals surface area (Å²) in [5.41, 5.74) is 4.31. The van der Waals surface area contributed by atoms with Crippen LogP contribution in [0.4, 0.5) is 0 Å². The van der Waals surface area contributed by atoms with Gasteiger partial charge >= 0.3 is 0 Å². The molecule has 1 nitrogen and oxygen atoms in total. The minimum absolute atomic E-state index is 1.03. The average Bonchev–Trinajstić information content (AvgIpc) is 2.75. The summed E-state index contributed by atoms with van der Waals surface area (Å²) < 4.78 is 2.54. The molecule has 0 saturated carbocycles. The molecule has 0 atom stereocenters. The summed E-state index contributed by atoms with van der Waals surface area (Å²) in [6, 6.07) is 12.1. The Morgan fingerprint density at radius 2 is 1.89 bits per heavy atom. The Kier molecular flexibility index (Phi) is 4.41. The van der Waals surface area contributed by atoms with Gasteiger partial charge in [0.15, 0.2) is 12.3 Å². The van der Waals surface area contributed by atoms with Gasteiger partial charge in [-0.25, -0.2) is 4.58 Å². The Balaban J connectivity index is 2.12. The van der Waals surface area contributed by atoms with Crippen LogP contribution in [0, 0.1) is 0 Å². The molecule has 0 fully saturated rings. The van der Waals surface area contributed by atoms with Crippen molar-refractivity contribution in [3.05, 3.63) is 48.0 Å². The van der Waals surface area contributed by atoms with Gasteiger partial charge < -0.3 is 0 Å². The van der Waals surface area contributed by atoms with E-state index >= 15 is 0 Å². The second kappa shape index (κ2) is 5.87. The molecular weight excluding hydrogens is 246 g/mol. The molecule has 2 heteroatoms. The molecule has 19 heavy (non-hydrogen) atoms. The zero-order chi connectivity index (χ0) is 13.9. The van der Waals surface area contributed by atoms with Crippen LogP contribution in [0.25, 0.3) is 0 Å². The molecule has 1 heterocycles. The Hall–Kier alpha value is -1.15.